The Kier molecular flexibility index (Phi) is 7.07. The monoisotopic (exact) mass is 375 g/mol. The molecule has 1 atom stereocenters. The van der Waals surface area contributed by atoms with Crippen molar-refractivity contribution in [1.82, 2.24) is 4.98 Å². The van der Waals surface area contributed by atoms with Gasteiger partial charge in [0.15, 0.2) is 11.5 Å². The maximum Gasteiger partial charge on any atom is 0.323 e. The summed E-state index contributed by atoms with van der Waals surface area (Å²) < 4.78 is 16.2. The van der Waals surface area contributed by atoms with Crippen LogP contribution >= 0.6 is 0 Å². The molecule has 1 heterocycles. The van der Waals surface area contributed by atoms with Gasteiger partial charge in [0.25, 0.3) is 5.69 Å². The average Bonchev–Trinajstić information content (AvgIpc) is 2.64. The molecule has 1 unspecified atom stereocenters. The zero-order chi connectivity index (χ0) is 19.8. The maximum absolute atomic E-state index is 11.7. The van der Waals surface area contributed by atoms with E-state index in [0.717, 1.165) is 11.8 Å². The van der Waals surface area contributed by atoms with E-state index in [-0.39, 0.29) is 24.6 Å². The molecule has 27 heavy (non-hydrogen) atoms. The van der Waals surface area contributed by atoms with Crippen LogP contribution in [0.3, 0.4) is 0 Å². The van der Waals surface area contributed by atoms with Crippen LogP contribution < -0.4 is 15.2 Å². The van der Waals surface area contributed by atoms with Crippen molar-refractivity contribution in [3.05, 3.63) is 52.2 Å². The Morgan fingerprint density at radius 1 is 1.22 bits per heavy atom. The summed E-state index contributed by atoms with van der Waals surface area (Å²) in [5.41, 5.74) is 6.50. The molecule has 9 heteroatoms. The summed E-state index contributed by atoms with van der Waals surface area (Å²) in [4.78, 5) is 25.7. The first-order valence-corrected chi connectivity index (χ1v) is 8.40. The molecule has 0 saturated heterocycles. The fourth-order valence-electron chi connectivity index (χ4n) is 2.27. The highest BCUT2D eigenvalue weighted by molar-refractivity contribution is 5.75. The number of nitrogens with zero attached hydrogens (tertiary/aromatic N) is 2. The number of ether oxygens (including phenoxy) is 3. The van der Waals surface area contributed by atoms with E-state index in [4.69, 9.17) is 19.9 Å². The topological polar surface area (TPSA) is 127 Å². The van der Waals surface area contributed by atoms with E-state index in [1.807, 2.05) is 6.92 Å². The van der Waals surface area contributed by atoms with Crippen LogP contribution in [0.25, 0.3) is 0 Å². The summed E-state index contributed by atoms with van der Waals surface area (Å²) in [7, 11) is 0. The van der Waals surface area contributed by atoms with Gasteiger partial charge in [-0.1, -0.05) is 6.07 Å². The van der Waals surface area contributed by atoms with Crippen LogP contribution in [0, 0.1) is 10.1 Å². The minimum atomic E-state index is -0.775. The summed E-state index contributed by atoms with van der Waals surface area (Å²) in [6.45, 7) is 4.21. The van der Waals surface area contributed by atoms with Crippen LogP contribution in [0.15, 0.2) is 36.5 Å². The first kappa shape index (κ1) is 20.1. The van der Waals surface area contributed by atoms with Crippen molar-refractivity contribution in [2.45, 2.75) is 26.3 Å². The van der Waals surface area contributed by atoms with E-state index < -0.39 is 16.9 Å². The lowest BCUT2D eigenvalue weighted by Gasteiger charge is -2.14. The third-order valence-electron chi connectivity index (χ3n) is 3.50. The molecule has 9 nitrogen and oxygen atoms in total. The minimum Gasteiger partial charge on any atom is -0.490 e. The minimum absolute atomic E-state index is 0.129. The van der Waals surface area contributed by atoms with Gasteiger partial charge >= 0.3 is 5.97 Å². The highest BCUT2D eigenvalue weighted by atomic mass is 16.6. The van der Waals surface area contributed by atoms with Crippen molar-refractivity contribution in [3.8, 4) is 17.4 Å². The van der Waals surface area contributed by atoms with Crippen molar-refractivity contribution in [3.63, 3.8) is 0 Å². The fraction of sp³-hybridized carbons (Fsp3) is 0.333. The van der Waals surface area contributed by atoms with Crippen molar-refractivity contribution < 1.29 is 23.9 Å². The molecule has 0 aliphatic rings. The Labute approximate surface area is 156 Å². The quantitative estimate of drug-likeness (QED) is 0.402. The first-order valence-electron chi connectivity index (χ1n) is 8.40. The molecule has 0 amide bonds. The van der Waals surface area contributed by atoms with Gasteiger partial charge in [0, 0.05) is 12.1 Å². The number of carbonyl (C=O) groups is 1. The normalized spacial score (nSPS) is 11.5. The molecule has 0 saturated carbocycles. The van der Waals surface area contributed by atoms with E-state index in [0.29, 0.717) is 18.1 Å². The van der Waals surface area contributed by atoms with Crippen molar-refractivity contribution >= 4 is 11.7 Å². The maximum atomic E-state index is 11.7. The first-order chi connectivity index (χ1) is 12.9. The third-order valence-corrected chi connectivity index (χ3v) is 3.50. The lowest BCUT2D eigenvalue weighted by Crippen LogP contribution is -2.34. The fourth-order valence-corrected chi connectivity index (χ4v) is 2.27. The summed E-state index contributed by atoms with van der Waals surface area (Å²) in [5.74, 6) is 0.571. The van der Waals surface area contributed by atoms with E-state index >= 15 is 0 Å². The number of hydrogen-bond acceptors (Lipinski definition) is 8. The second-order valence-electron chi connectivity index (χ2n) is 5.49. The number of rotatable bonds is 9. The number of esters is 1. The highest BCUT2D eigenvalue weighted by Crippen LogP contribution is 2.32. The van der Waals surface area contributed by atoms with Crippen LogP contribution in [-0.2, 0) is 16.0 Å². The van der Waals surface area contributed by atoms with Gasteiger partial charge in [-0.25, -0.2) is 4.98 Å². The summed E-state index contributed by atoms with van der Waals surface area (Å²) in [6, 6.07) is 7.07. The molecule has 2 aromatic rings. The van der Waals surface area contributed by atoms with Gasteiger partial charge in [0.1, 0.15) is 12.2 Å². The lowest BCUT2D eigenvalue weighted by molar-refractivity contribution is -0.385. The molecule has 1 aromatic carbocycles. The Morgan fingerprint density at radius 3 is 2.59 bits per heavy atom. The molecule has 144 valence electrons. The van der Waals surface area contributed by atoms with Crippen molar-refractivity contribution in [1.29, 1.82) is 0 Å². The van der Waals surface area contributed by atoms with Gasteiger partial charge in [0.2, 0.25) is 5.88 Å². The van der Waals surface area contributed by atoms with E-state index in [1.165, 1.54) is 12.1 Å². The molecule has 2 N–H and O–H groups in total. The van der Waals surface area contributed by atoms with Crippen LogP contribution in [0.4, 0.5) is 5.69 Å². The number of aromatic nitrogens is 1. The highest BCUT2D eigenvalue weighted by Gasteiger charge is 2.17. The van der Waals surface area contributed by atoms with Gasteiger partial charge in [-0.2, -0.15) is 0 Å². The van der Waals surface area contributed by atoms with Crippen molar-refractivity contribution in [2.24, 2.45) is 5.73 Å². The number of carbonyl (C=O) groups excluding carboxylic acids is 1. The Morgan fingerprint density at radius 2 is 2.00 bits per heavy atom. The molecule has 1 aromatic heterocycles. The van der Waals surface area contributed by atoms with E-state index in [1.54, 1.807) is 25.1 Å². The van der Waals surface area contributed by atoms with Gasteiger partial charge in [-0.15, -0.1) is 0 Å². The van der Waals surface area contributed by atoms with Gasteiger partial charge in [-0.3, -0.25) is 14.9 Å². The van der Waals surface area contributed by atoms with Gasteiger partial charge < -0.3 is 19.9 Å². The summed E-state index contributed by atoms with van der Waals surface area (Å²) in [5, 5.41) is 10.7. The lowest BCUT2D eigenvalue weighted by atomic mass is 10.1. The largest absolute Gasteiger partial charge is 0.490 e. The molecule has 0 aliphatic heterocycles. The number of nitrogens with two attached hydrogens (primary N) is 1. The second kappa shape index (κ2) is 9.48. The van der Waals surface area contributed by atoms with Gasteiger partial charge in [-0.05, 0) is 38.0 Å². The number of hydrogen-bond donors (Lipinski definition) is 1. The molecule has 2 rings (SSSR count). The molecule has 0 bridgehead atoms. The Bertz CT molecular complexity index is 794. The van der Waals surface area contributed by atoms with Gasteiger partial charge in [0.05, 0.1) is 18.1 Å². The summed E-state index contributed by atoms with van der Waals surface area (Å²) in [6.07, 6.45) is 1.40. The molecule has 0 radical (unpaired) electrons. The van der Waals surface area contributed by atoms with Crippen LogP contribution in [0.5, 0.6) is 17.4 Å². The Hall–Kier alpha value is -3.20. The van der Waals surface area contributed by atoms with Crippen LogP contribution in [0.2, 0.25) is 0 Å². The number of benzene rings is 1. The molecular formula is C18H21N3O6. The predicted molar refractivity (Wildman–Crippen MR) is 96.9 cm³/mol. The van der Waals surface area contributed by atoms with Crippen molar-refractivity contribution in [2.75, 3.05) is 13.2 Å². The second-order valence-corrected chi connectivity index (χ2v) is 5.49. The predicted octanol–water partition coefficient (Wildman–Crippen LogP) is 2.61. The number of nitro groups is 1. The molecule has 0 aliphatic carbocycles. The summed E-state index contributed by atoms with van der Waals surface area (Å²) >= 11 is 0. The van der Waals surface area contributed by atoms with E-state index in [2.05, 4.69) is 4.98 Å². The smallest absolute Gasteiger partial charge is 0.323 e. The SMILES string of the molecule is CCOC(=O)C(N)Cc1ccc(Oc2ccc([N+](=O)[O-])cn2)c(OCC)c1. The Balaban J connectivity index is 2.16. The number of pyridine rings is 1. The average molecular weight is 375 g/mol. The van der Waals surface area contributed by atoms with E-state index in [9.17, 15) is 14.9 Å². The zero-order valence-corrected chi connectivity index (χ0v) is 15.1. The third kappa shape index (κ3) is 5.65. The molecule has 0 fully saturated rings. The van der Waals surface area contributed by atoms with Crippen LogP contribution in [-0.4, -0.2) is 35.1 Å². The van der Waals surface area contributed by atoms with Crippen LogP contribution in [0.1, 0.15) is 19.4 Å². The standard InChI is InChI=1S/C18H21N3O6/c1-3-25-16-10-12(9-14(19)18(22)26-4-2)5-7-15(16)27-17-8-6-13(11-20-17)21(23)24/h5-8,10-11,14H,3-4,9,19H2,1-2H3. The molecule has 0 spiro atoms. The molecular weight excluding hydrogens is 354 g/mol. The zero-order valence-electron chi connectivity index (χ0n) is 15.1.